The van der Waals surface area contributed by atoms with Crippen LogP contribution in [0.3, 0.4) is 0 Å². The minimum atomic E-state index is -3.71. The van der Waals surface area contributed by atoms with E-state index in [1.54, 1.807) is 12.1 Å². The summed E-state index contributed by atoms with van der Waals surface area (Å²) in [6.45, 7) is 1.86. The van der Waals surface area contributed by atoms with Gasteiger partial charge in [-0.3, -0.25) is 4.98 Å². The zero-order chi connectivity index (χ0) is 14.6. The maximum Gasteiger partial charge on any atom is 0.276 e. The summed E-state index contributed by atoms with van der Waals surface area (Å²) in [7, 11) is -3.71. The second kappa shape index (κ2) is 5.79. The van der Waals surface area contributed by atoms with E-state index < -0.39 is 15.8 Å². The van der Waals surface area contributed by atoms with Crippen LogP contribution in [0.2, 0.25) is 0 Å². The SMILES string of the molecule is Cc1ccc(S(=O)(=O)N/N=C/c2ccc(F)cn2)cc1. The first-order valence-corrected chi connectivity index (χ1v) is 7.19. The van der Waals surface area contributed by atoms with Gasteiger partial charge in [0.15, 0.2) is 0 Å². The summed E-state index contributed by atoms with van der Waals surface area (Å²) >= 11 is 0. The van der Waals surface area contributed by atoms with Crippen LogP contribution in [0.15, 0.2) is 52.6 Å². The van der Waals surface area contributed by atoms with Crippen LogP contribution in [0, 0.1) is 12.7 Å². The first kappa shape index (κ1) is 14.1. The average molecular weight is 293 g/mol. The Morgan fingerprint density at radius 1 is 1.20 bits per heavy atom. The fourth-order valence-corrected chi connectivity index (χ4v) is 2.19. The van der Waals surface area contributed by atoms with Crippen molar-refractivity contribution in [2.45, 2.75) is 11.8 Å². The molecule has 0 saturated carbocycles. The molecule has 0 radical (unpaired) electrons. The zero-order valence-electron chi connectivity index (χ0n) is 10.6. The topological polar surface area (TPSA) is 71.4 Å². The number of halogens is 1. The standard InChI is InChI=1S/C13H12FN3O2S/c1-10-2-6-13(7-3-10)20(18,19)17-16-9-12-5-4-11(14)8-15-12/h2-9,17H,1H3/b16-9+. The molecule has 0 saturated heterocycles. The van der Waals surface area contributed by atoms with E-state index in [2.05, 4.69) is 14.9 Å². The van der Waals surface area contributed by atoms with Crippen molar-refractivity contribution in [1.29, 1.82) is 0 Å². The Hall–Kier alpha value is -2.28. The number of nitrogens with zero attached hydrogens (tertiary/aromatic N) is 2. The minimum absolute atomic E-state index is 0.118. The Morgan fingerprint density at radius 2 is 1.90 bits per heavy atom. The van der Waals surface area contributed by atoms with Gasteiger partial charge in [0.25, 0.3) is 10.0 Å². The van der Waals surface area contributed by atoms with Crippen molar-refractivity contribution in [1.82, 2.24) is 9.82 Å². The molecule has 1 aromatic heterocycles. The maximum absolute atomic E-state index is 12.6. The molecule has 2 aromatic rings. The van der Waals surface area contributed by atoms with E-state index in [9.17, 15) is 12.8 Å². The number of hydrazone groups is 1. The highest BCUT2D eigenvalue weighted by Crippen LogP contribution is 2.09. The molecule has 2 rings (SSSR count). The summed E-state index contributed by atoms with van der Waals surface area (Å²) in [6, 6.07) is 8.97. The second-order valence-corrected chi connectivity index (χ2v) is 5.73. The molecular weight excluding hydrogens is 281 g/mol. The second-order valence-electron chi connectivity index (χ2n) is 4.07. The first-order valence-electron chi connectivity index (χ1n) is 5.70. The van der Waals surface area contributed by atoms with Gasteiger partial charge in [0.2, 0.25) is 0 Å². The van der Waals surface area contributed by atoms with Crippen LogP contribution in [0.4, 0.5) is 4.39 Å². The van der Waals surface area contributed by atoms with Crippen molar-refractivity contribution < 1.29 is 12.8 Å². The third-order valence-corrected chi connectivity index (χ3v) is 3.69. The quantitative estimate of drug-likeness (QED) is 0.690. The highest BCUT2D eigenvalue weighted by Gasteiger charge is 2.11. The smallest absolute Gasteiger partial charge is 0.252 e. The van der Waals surface area contributed by atoms with Gasteiger partial charge in [-0.25, -0.2) is 9.22 Å². The van der Waals surface area contributed by atoms with Crippen LogP contribution in [-0.2, 0) is 10.0 Å². The molecule has 7 heteroatoms. The van der Waals surface area contributed by atoms with E-state index in [1.165, 1.54) is 30.5 Å². The molecule has 5 nitrogen and oxygen atoms in total. The lowest BCUT2D eigenvalue weighted by molar-refractivity contribution is 0.584. The van der Waals surface area contributed by atoms with Gasteiger partial charge in [-0.05, 0) is 31.2 Å². The van der Waals surface area contributed by atoms with Gasteiger partial charge < -0.3 is 0 Å². The monoisotopic (exact) mass is 293 g/mol. The highest BCUT2D eigenvalue weighted by molar-refractivity contribution is 7.89. The van der Waals surface area contributed by atoms with Crippen molar-refractivity contribution in [2.24, 2.45) is 5.10 Å². The van der Waals surface area contributed by atoms with E-state index in [-0.39, 0.29) is 4.90 Å². The maximum atomic E-state index is 12.6. The predicted molar refractivity (Wildman–Crippen MR) is 73.3 cm³/mol. The summed E-state index contributed by atoms with van der Waals surface area (Å²) < 4.78 is 36.4. The highest BCUT2D eigenvalue weighted by atomic mass is 32.2. The Morgan fingerprint density at radius 3 is 2.50 bits per heavy atom. The number of aryl methyl sites for hydroxylation is 1. The lowest BCUT2D eigenvalue weighted by Crippen LogP contribution is -2.18. The van der Waals surface area contributed by atoms with Crippen LogP contribution in [0.25, 0.3) is 0 Å². The van der Waals surface area contributed by atoms with Crippen LogP contribution in [-0.4, -0.2) is 19.6 Å². The normalized spacial score (nSPS) is 11.7. The molecule has 0 unspecified atom stereocenters. The minimum Gasteiger partial charge on any atom is -0.252 e. The molecule has 0 spiro atoms. The number of pyridine rings is 1. The molecule has 0 atom stereocenters. The van der Waals surface area contributed by atoms with Gasteiger partial charge in [-0.1, -0.05) is 17.7 Å². The van der Waals surface area contributed by atoms with Crippen LogP contribution in [0.1, 0.15) is 11.3 Å². The third-order valence-electron chi connectivity index (χ3n) is 2.45. The molecule has 0 aliphatic carbocycles. The fourth-order valence-electron chi connectivity index (χ4n) is 1.40. The van der Waals surface area contributed by atoms with Gasteiger partial charge in [0.1, 0.15) is 5.82 Å². The summed E-state index contributed by atoms with van der Waals surface area (Å²) in [5.41, 5.74) is 1.31. The van der Waals surface area contributed by atoms with Crippen molar-refractivity contribution in [3.63, 3.8) is 0 Å². The van der Waals surface area contributed by atoms with Crippen LogP contribution < -0.4 is 4.83 Å². The fraction of sp³-hybridized carbons (Fsp3) is 0.0769. The third kappa shape index (κ3) is 3.61. The Labute approximate surface area is 116 Å². The number of rotatable bonds is 4. The van der Waals surface area contributed by atoms with E-state index in [1.807, 2.05) is 6.92 Å². The molecule has 1 N–H and O–H groups in total. The summed E-state index contributed by atoms with van der Waals surface area (Å²) in [6.07, 6.45) is 2.22. The zero-order valence-corrected chi connectivity index (χ0v) is 11.4. The lowest BCUT2D eigenvalue weighted by atomic mass is 10.2. The lowest BCUT2D eigenvalue weighted by Gasteiger charge is -2.03. The number of hydrogen-bond donors (Lipinski definition) is 1. The number of benzene rings is 1. The van der Waals surface area contributed by atoms with Crippen LogP contribution >= 0.6 is 0 Å². The van der Waals surface area contributed by atoms with Crippen LogP contribution in [0.5, 0.6) is 0 Å². The summed E-state index contributed by atoms with van der Waals surface area (Å²) in [5.74, 6) is -0.470. The predicted octanol–water partition coefficient (Wildman–Crippen LogP) is 1.84. The largest absolute Gasteiger partial charge is 0.276 e. The summed E-state index contributed by atoms with van der Waals surface area (Å²) in [5, 5.41) is 3.59. The van der Waals surface area contributed by atoms with Gasteiger partial charge in [-0.15, -0.1) is 0 Å². The molecule has 0 aliphatic rings. The van der Waals surface area contributed by atoms with E-state index in [4.69, 9.17) is 0 Å². The van der Waals surface area contributed by atoms with Crippen molar-refractivity contribution in [3.05, 3.63) is 59.7 Å². The van der Waals surface area contributed by atoms with Gasteiger partial charge >= 0.3 is 0 Å². The van der Waals surface area contributed by atoms with Gasteiger partial charge in [0.05, 0.1) is 23.0 Å². The van der Waals surface area contributed by atoms with Crippen molar-refractivity contribution in [3.8, 4) is 0 Å². The molecule has 0 bridgehead atoms. The number of hydrogen-bond acceptors (Lipinski definition) is 4. The molecule has 0 aliphatic heterocycles. The molecule has 1 aromatic carbocycles. The Kier molecular flexibility index (Phi) is 4.09. The molecule has 0 amide bonds. The van der Waals surface area contributed by atoms with Crippen molar-refractivity contribution >= 4 is 16.2 Å². The van der Waals surface area contributed by atoms with E-state index >= 15 is 0 Å². The number of nitrogens with one attached hydrogen (secondary N) is 1. The van der Waals surface area contributed by atoms with Crippen molar-refractivity contribution in [2.75, 3.05) is 0 Å². The first-order chi connectivity index (χ1) is 9.47. The Bertz CT molecular complexity index is 710. The Balaban J connectivity index is 2.09. The number of aromatic nitrogens is 1. The molecule has 104 valence electrons. The number of sulfonamides is 1. The summed E-state index contributed by atoms with van der Waals surface area (Å²) in [4.78, 5) is 5.91. The molecule has 0 fully saturated rings. The molecule has 20 heavy (non-hydrogen) atoms. The molecule has 1 heterocycles. The average Bonchev–Trinajstić information content (AvgIpc) is 2.41. The van der Waals surface area contributed by atoms with E-state index in [0.29, 0.717) is 5.69 Å². The van der Waals surface area contributed by atoms with Gasteiger partial charge in [0, 0.05) is 0 Å². The van der Waals surface area contributed by atoms with E-state index in [0.717, 1.165) is 11.8 Å². The van der Waals surface area contributed by atoms with Gasteiger partial charge in [-0.2, -0.15) is 13.5 Å². The molecular formula is C13H12FN3O2S.